The van der Waals surface area contributed by atoms with Crippen LogP contribution in [-0.4, -0.2) is 42.2 Å². The van der Waals surface area contributed by atoms with E-state index in [1.165, 1.54) is 6.07 Å². The van der Waals surface area contributed by atoms with Gasteiger partial charge >= 0.3 is 5.69 Å². The maximum absolute atomic E-state index is 12.1. The molecule has 5 rings (SSSR count). The van der Waals surface area contributed by atoms with Crippen LogP contribution in [0, 0.1) is 24.0 Å². The summed E-state index contributed by atoms with van der Waals surface area (Å²) < 4.78 is 16.9. The smallest absolute Gasteiger partial charge is 0.311 e. The fraction of sp³-hybridized carbons (Fsp3) is 0.250. The number of hydrogen-bond donors (Lipinski definition) is 1. The zero-order chi connectivity index (χ0) is 34.0. The summed E-state index contributed by atoms with van der Waals surface area (Å²) >= 11 is 0. The van der Waals surface area contributed by atoms with Gasteiger partial charge in [0.05, 0.1) is 25.2 Å². The molecule has 8 heteroatoms. The molecule has 0 unspecified atom stereocenters. The molecule has 5 aromatic rings. The lowest BCUT2D eigenvalue weighted by Gasteiger charge is -2.31. The van der Waals surface area contributed by atoms with Crippen molar-refractivity contribution in [2.75, 3.05) is 27.3 Å². The van der Waals surface area contributed by atoms with Crippen molar-refractivity contribution in [2.24, 2.45) is 0 Å². The first kappa shape index (κ1) is 34.2. The minimum absolute atomic E-state index is 0.0572. The lowest BCUT2D eigenvalue weighted by Crippen LogP contribution is -2.33. The highest BCUT2D eigenvalue weighted by molar-refractivity contribution is 5.49. The Labute approximate surface area is 282 Å². The minimum atomic E-state index is -0.994. The summed E-state index contributed by atoms with van der Waals surface area (Å²) in [5.41, 5.74) is 6.55. The second kappa shape index (κ2) is 16.1. The molecule has 0 heterocycles. The number of rotatable bonds is 15. The van der Waals surface area contributed by atoms with E-state index in [4.69, 9.17) is 14.2 Å². The third kappa shape index (κ3) is 8.59. The van der Waals surface area contributed by atoms with Crippen LogP contribution in [0.1, 0.15) is 51.0 Å². The van der Waals surface area contributed by atoms with E-state index in [9.17, 15) is 15.2 Å². The Hall–Kier alpha value is -5.18. The van der Waals surface area contributed by atoms with Crippen LogP contribution < -0.4 is 14.2 Å². The number of hydrogen-bond acceptors (Lipinski definition) is 7. The van der Waals surface area contributed by atoms with E-state index < -0.39 is 11.0 Å². The number of nitro benzene ring substituents is 1. The van der Waals surface area contributed by atoms with Gasteiger partial charge in [-0.1, -0.05) is 91.0 Å². The summed E-state index contributed by atoms with van der Waals surface area (Å²) in [4.78, 5) is 13.8. The van der Waals surface area contributed by atoms with Gasteiger partial charge in [0.15, 0.2) is 5.75 Å². The number of aryl methyl sites for hydroxylation is 2. The Morgan fingerprint density at radius 1 is 0.688 bits per heavy atom. The van der Waals surface area contributed by atoms with Crippen LogP contribution in [0.5, 0.6) is 17.2 Å². The second-order valence-corrected chi connectivity index (χ2v) is 12.0. The van der Waals surface area contributed by atoms with Crippen LogP contribution in [0.2, 0.25) is 0 Å². The van der Waals surface area contributed by atoms with E-state index in [1.54, 1.807) is 26.4 Å². The zero-order valence-electron chi connectivity index (χ0n) is 27.8. The van der Waals surface area contributed by atoms with Crippen LogP contribution in [0.4, 0.5) is 5.69 Å². The monoisotopic (exact) mass is 646 g/mol. The number of nitrogens with zero attached hydrogens (tertiary/aromatic N) is 2. The Kier molecular flexibility index (Phi) is 11.4. The van der Waals surface area contributed by atoms with Crippen molar-refractivity contribution in [3.63, 3.8) is 0 Å². The number of methoxy groups -OCH3 is 2. The number of aliphatic hydroxyl groups excluding tert-OH is 1. The third-order valence-corrected chi connectivity index (χ3v) is 8.57. The molecule has 0 fully saturated rings. The van der Waals surface area contributed by atoms with Gasteiger partial charge in [0.1, 0.15) is 18.1 Å². The highest BCUT2D eigenvalue weighted by Gasteiger charge is 2.25. The highest BCUT2D eigenvalue weighted by atomic mass is 16.6. The molecule has 248 valence electrons. The first-order valence-corrected chi connectivity index (χ1v) is 15.9. The van der Waals surface area contributed by atoms with Gasteiger partial charge in [-0.3, -0.25) is 15.0 Å². The lowest BCUT2D eigenvalue weighted by molar-refractivity contribution is -0.386. The first-order valence-electron chi connectivity index (χ1n) is 15.9. The molecule has 0 aliphatic carbocycles. The summed E-state index contributed by atoms with van der Waals surface area (Å²) in [6.45, 7) is 5.65. The Balaban J connectivity index is 1.46. The van der Waals surface area contributed by atoms with Gasteiger partial charge in [-0.05, 0) is 71.0 Å². The standard InChI is InChI=1S/C40H42N2O6/c1-28-21-32(15-18-38(28)46-3)35(33-16-19-39(47-4)29(2)22-33)25-41(24-30-11-7-5-8-12-30)26-37(43)34-17-20-40(36(23-34)42(44)45)48-27-31-13-9-6-10-14-31/h5-23,35,37,43H,24-27H2,1-4H3/t37-/m0/s1. The molecule has 0 radical (unpaired) electrons. The second-order valence-electron chi connectivity index (χ2n) is 12.0. The van der Waals surface area contributed by atoms with Gasteiger partial charge in [-0.15, -0.1) is 0 Å². The van der Waals surface area contributed by atoms with Gasteiger partial charge in [-0.25, -0.2) is 0 Å². The average molecular weight is 647 g/mol. The van der Waals surface area contributed by atoms with E-state index in [-0.39, 0.29) is 30.5 Å². The van der Waals surface area contributed by atoms with E-state index in [0.717, 1.165) is 44.9 Å². The largest absolute Gasteiger partial charge is 0.496 e. The molecule has 0 bridgehead atoms. The van der Waals surface area contributed by atoms with Gasteiger partial charge in [0, 0.05) is 31.6 Å². The third-order valence-electron chi connectivity index (χ3n) is 8.57. The van der Waals surface area contributed by atoms with Gasteiger partial charge in [0.2, 0.25) is 0 Å². The Morgan fingerprint density at radius 2 is 1.21 bits per heavy atom. The van der Waals surface area contributed by atoms with Crippen molar-refractivity contribution in [1.29, 1.82) is 0 Å². The van der Waals surface area contributed by atoms with Crippen LogP contribution in [-0.2, 0) is 13.2 Å². The summed E-state index contributed by atoms with van der Waals surface area (Å²) in [6.07, 6.45) is -0.994. The predicted molar refractivity (Wildman–Crippen MR) is 188 cm³/mol. The van der Waals surface area contributed by atoms with Crippen LogP contribution in [0.3, 0.4) is 0 Å². The van der Waals surface area contributed by atoms with E-state index in [1.807, 2.05) is 74.5 Å². The molecule has 0 amide bonds. The molecule has 0 aliphatic heterocycles. The molecule has 0 aromatic heterocycles. The Bertz CT molecular complexity index is 1760. The maximum atomic E-state index is 12.1. The molecule has 5 aromatic carbocycles. The fourth-order valence-corrected chi connectivity index (χ4v) is 6.04. The SMILES string of the molecule is COc1ccc(C(CN(Cc2ccccc2)C[C@H](O)c2ccc(OCc3ccccc3)c([N+](=O)[O-])c2)c2ccc(OC)c(C)c2)cc1C. The normalized spacial score (nSPS) is 11.8. The molecule has 0 saturated carbocycles. The number of aliphatic hydroxyl groups is 1. The van der Waals surface area contributed by atoms with Crippen molar-refractivity contribution in [3.05, 3.63) is 164 Å². The molecule has 48 heavy (non-hydrogen) atoms. The molecular weight excluding hydrogens is 604 g/mol. The number of nitro groups is 1. The van der Waals surface area contributed by atoms with Crippen LogP contribution in [0.15, 0.2) is 115 Å². The molecule has 8 nitrogen and oxygen atoms in total. The van der Waals surface area contributed by atoms with E-state index in [0.29, 0.717) is 18.7 Å². The van der Waals surface area contributed by atoms with E-state index in [2.05, 4.69) is 41.3 Å². The molecule has 0 saturated heterocycles. The molecule has 1 N–H and O–H groups in total. The van der Waals surface area contributed by atoms with Crippen LogP contribution in [0.25, 0.3) is 0 Å². The summed E-state index contributed by atoms with van der Waals surface area (Å²) in [7, 11) is 3.34. The van der Waals surface area contributed by atoms with Crippen molar-refractivity contribution < 1.29 is 24.2 Å². The van der Waals surface area contributed by atoms with Crippen molar-refractivity contribution in [1.82, 2.24) is 4.90 Å². The maximum Gasteiger partial charge on any atom is 0.311 e. The predicted octanol–water partition coefficient (Wildman–Crippen LogP) is 8.18. The van der Waals surface area contributed by atoms with Crippen molar-refractivity contribution in [2.45, 2.75) is 39.0 Å². The fourth-order valence-electron chi connectivity index (χ4n) is 6.04. The quantitative estimate of drug-likeness (QED) is 0.0906. The molecule has 0 spiro atoms. The summed E-state index contributed by atoms with van der Waals surface area (Å²) in [5, 5.41) is 23.7. The van der Waals surface area contributed by atoms with Gasteiger partial charge in [0.25, 0.3) is 0 Å². The van der Waals surface area contributed by atoms with Gasteiger partial charge < -0.3 is 19.3 Å². The lowest BCUT2D eigenvalue weighted by atomic mass is 9.88. The average Bonchev–Trinajstić information content (AvgIpc) is 3.10. The number of benzene rings is 5. The minimum Gasteiger partial charge on any atom is -0.496 e. The number of ether oxygens (including phenoxy) is 3. The van der Waals surface area contributed by atoms with E-state index >= 15 is 0 Å². The molecule has 0 aliphatic rings. The molecular formula is C40H42N2O6. The highest BCUT2D eigenvalue weighted by Crippen LogP contribution is 2.34. The summed E-state index contributed by atoms with van der Waals surface area (Å²) in [5.74, 6) is 1.74. The zero-order valence-corrected chi connectivity index (χ0v) is 27.8. The summed E-state index contributed by atoms with van der Waals surface area (Å²) in [6, 6.07) is 36.8. The van der Waals surface area contributed by atoms with Crippen molar-refractivity contribution in [3.8, 4) is 17.2 Å². The van der Waals surface area contributed by atoms with Crippen LogP contribution >= 0.6 is 0 Å². The van der Waals surface area contributed by atoms with Gasteiger partial charge in [-0.2, -0.15) is 0 Å². The topological polar surface area (TPSA) is 94.3 Å². The van der Waals surface area contributed by atoms with Crippen molar-refractivity contribution >= 4 is 5.69 Å². The molecule has 1 atom stereocenters. The first-order chi connectivity index (χ1) is 23.2. The Morgan fingerprint density at radius 3 is 1.73 bits per heavy atom.